The fraction of sp³-hybridized carbons (Fsp3) is 0.0556. The van der Waals surface area contributed by atoms with E-state index >= 15 is 0 Å². The molecule has 1 amide bonds. The zero-order valence-corrected chi connectivity index (χ0v) is 13.9. The standard InChI is InChI=1S/C18H15N7O/c1-12-14(11-25(24-12)13-7-3-2-4-8-13)17(26)21-18-20-16(22-23-18)15-9-5-6-10-19-15/h2-11H,1H3,(H2,20,21,22,23,26). The van der Waals surface area contributed by atoms with Crippen molar-refractivity contribution in [3.63, 3.8) is 0 Å². The van der Waals surface area contributed by atoms with Gasteiger partial charge in [-0.05, 0) is 31.2 Å². The Hall–Kier alpha value is -3.81. The third kappa shape index (κ3) is 3.07. The summed E-state index contributed by atoms with van der Waals surface area (Å²) >= 11 is 0. The van der Waals surface area contributed by atoms with E-state index in [1.54, 1.807) is 30.1 Å². The molecular weight excluding hydrogens is 330 g/mol. The maximum absolute atomic E-state index is 12.6. The third-order valence-electron chi connectivity index (χ3n) is 3.78. The first-order chi connectivity index (χ1) is 12.7. The SMILES string of the molecule is Cc1nn(-c2ccccc2)cc1C(=O)Nc1n[nH]c(-c2ccccn2)n1. The third-order valence-corrected chi connectivity index (χ3v) is 3.78. The molecule has 2 N–H and O–H groups in total. The highest BCUT2D eigenvalue weighted by Crippen LogP contribution is 2.15. The minimum Gasteiger partial charge on any atom is -0.289 e. The molecule has 0 aliphatic heterocycles. The number of H-pyrrole nitrogens is 1. The van der Waals surface area contributed by atoms with Gasteiger partial charge < -0.3 is 0 Å². The number of aromatic amines is 1. The number of nitrogens with zero attached hydrogens (tertiary/aromatic N) is 5. The Morgan fingerprint density at radius 1 is 1.12 bits per heavy atom. The van der Waals surface area contributed by atoms with Crippen molar-refractivity contribution in [1.29, 1.82) is 0 Å². The van der Waals surface area contributed by atoms with Crippen molar-refractivity contribution in [2.75, 3.05) is 5.32 Å². The molecule has 0 fully saturated rings. The molecule has 4 aromatic rings. The molecule has 0 atom stereocenters. The quantitative estimate of drug-likeness (QED) is 0.592. The van der Waals surface area contributed by atoms with Gasteiger partial charge in [0.15, 0.2) is 5.82 Å². The van der Waals surface area contributed by atoms with Crippen LogP contribution in [0.5, 0.6) is 0 Å². The van der Waals surface area contributed by atoms with Gasteiger partial charge in [-0.2, -0.15) is 10.1 Å². The highest BCUT2D eigenvalue weighted by atomic mass is 16.1. The molecule has 0 bridgehead atoms. The van der Waals surface area contributed by atoms with Crippen LogP contribution in [-0.2, 0) is 0 Å². The zero-order valence-electron chi connectivity index (χ0n) is 13.9. The molecule has 1 aromatic carbocycles. The van der Waals surface area contributed by atoms with Crippen LogP contribution in [0.4, 0.5) is 5.95 Å². The van der Waals surface area contributed by atoms with E-state index in [-0.39, 0.29) is 11.9 Å². The lowest BCUT2D eigenvalue weighted by molar-refractivity contribution is 0.102. The minimum atomic E-state index is -0.323. The molecule has 8 nitrogen and oxygen atoms in total. The Morgan fingerprint density at radius 2 is 1.92 bits per heavy atom. The number of aromatic nitrogens is 6. The van der Waals surface area contributed by atoms with E-state index in [1.165, 1.54) is 0 Å². The summed E-state index contributed by atoms with van der Waals surface area (Å²) < 4.78 is 1.67. The first-order valence-corrected chi connectivity index (χ1v) is 7.97. The number of nitrogens with one attached hydrogen (secondary N) is 2. The van der Waals surface area contributed by atoms with Crippen LogP contribution in [0.25, 0.3) is 17.2 Å². The molecule has 0 unspecified atom stereocenters. The highest BCUT2D eigenvalue weighted by Gasteiger charge is 2.16. The lowest BCUT2D eigenvalue weighted by Gasteiger charge is -1.99. The Morgan fingerprint density at radius 3 is 2.69 bits per heavy atom. The van der Waals surface area contributed by atoms with Crippen molar-refractivity contribution in [3.05, 3.63) is 72.2 Å². The van der Waals surface area contributed by atoms with Gasteiger partial charge in [-0.15, -0.1) is 5.10 Å². The fourth-order valence-electron chi connectivity index (χ4n) is 2.50. The summed E-state index contributed by atoms with van der Waals surface area (Å²) in [6.45, 7) is 1.78. The van der Waals surface area contributed by atoms with Crippen molar-refractivity contribution >= 4 is 11.9 Å². The number of hydrogen-bond donors (Lipinski definition) is 2. The number of aryl methyl sites for hydroxylation is 1. The Kier molecular flexibility index (Phi) is 3.98. The van der Waals surface area contributed by atoms with Crippen LogP contribution < -0.4 is 5.32 Å². The number of rotatable bonds is 4. The predicted molar refractivity (Wildman–Crippen MR) is 95.9 cm³/mol. The number of hydrogen-bond acceptors (Lipinski definition) is 5. The number of pyridine rings is 1. The van der Waals surface area contributed by atoms with E-state index in [2.05, 4.69) is 30.6 Å². The lowest BCUT2D eigenvalue weighted by atomic mass is 10.2. The Balaban J connectivity index is 1.54. The van der Waals surface area contributed by atoms with Gasteiger partial charge in [0, 0.05) is 12.4 Å². The van der Waals surface area contributed by atoms with Gasteiger partial charge in [-0.1, -0.05) is 24.3 Å². The fourth-order valence-corrected chi connectivity index (χ4v) is 2.50. The molecule has 128 valence electrons. The average Bonchev–Trinajstić information content (AvgIpc) is 3.30. The summed E-state index contributed by atoms with van der Waals surface area (Å²) in [6, 6.07) is 15.1. The van der Waals surface area contributed by atoms with Gasteiger partial charge in [0.2, 0.25) is 5.95 Å². The second-order valence-corrected chi connectivity index (χ2v) is 5.59. The van der Waals surface area contributed by atoms with Crippen molar-refractivity contribution in [2.45, 2.75) is 6.92 Å². The van der Waals surface area contributed by atoms with Crippen LogP contribution in [0.1, 0.15) is 16.1 Å². The molecule has 8 heteroatoms. The van der Waals surface area contributed by atoms with Crippen LogP contribution >= 0.6 is 0 Å². The summed E-state index contributed by atoms with van der Waals surface area (Å²) in [7, 11) is 0. The molecule has 4 rings (SSSR count). The van der Waals surface area contributed by atoms with Crippen LogP contribution in [0.3, 0.4) is 0 Å². The molecule has 3 heterocycles. The van der Waals surface area contributed by atoms with E-state index in [0.29, 0.717) is 22.8 Å². The second-order valence-electron chi connectivity index (χ2n) is 5.59. The largest absolute Gasteiger partial charge is 0.289 e. The van der Waals surface area contributed by atoms with Gasteiger partial charge in [0.1, 0.15) is 5.69 Å². The number of para-hydroxylation sites is 1. The molecule has 0 aliphatic carbocycles. The number of carbonyl (C=O) groups is 1. The average molecular weight is 345 g/mol. The predicted octanol–water partition coefficient (Wildman–Crippen LogP) is 2.61. The molecule has 0 spiro atoms. The van der Waals surface area contributed by atoms with Crippen LogP contribution in [0.2, 0.25) is 0 Å². The number of amides is 1. The molecular formula is C18H15N7O. The lowest BCUT2D eigenvalue weighted by Crippen LogP contribution is -2.13. The number of benzene rings is 1. The number of carbonyl (C=O) groups excluding carboxylic acids is 1. The van der Waals surface area contributed by atoms with E-state index in [0.717, 1.165) is 5.69 Å². The summed E-state index contributed by atoms with van der Waals surface area (Å²) in [5, 5.41) is 13.9. The van der Waals surface area contributed by atoms with E-state index in [1.807, 2.05) is 42.5 Å². The van der Waals surface area contributed by atoms with Crippen LogP contribution in [0.15, 0.2) is 60.9 Å². The molecule has 3 aromatic heterocycles. The zero-order chi connectivity index (χ0) is 17.9. The first kappa shape index (κ1) is 15.7. The summed E-state index contributed by atoms with van der Waals surface area (Å²) in [5.74, 6) is 0.344. The van der Waals surface area contributed by atoms with Gasteiger partial charge in [-0.3, -0.25) is 20.2 Å². The van der Waals surface area contributed by atoms with Gasteiger partial charge in [0.05, 0.1) is 16.9 Å². The van der Waals surface area contributed by atoms with E-state index < -0.39 is 0 Å². The molecule has 26 heavy (non-hydrogen) atoms. The van der Waals surface area contributed by atoms with Crippen LogP contribution in [-0.4, -0.2) is 35.9 Å². The smallest absolute Gasteiger partial charge is 0.261 e. The second kappa shape index (κ2) is 6.60. The van der Waals surface area contributed by atoms with Crippen molar-refractivity contribution in [2.24, 2.45) is 0 Å². The monoisotopic (exact) mass is 345 g/mol. The topological polar surface area (TPSA) is 101 Å². The van der Waals surface area contributed by atoms with Crippen molar-refractivity contribution in [3.8, 4) is 17.2 Å². The van der Waals surface area contributed by atoms with Crippen LogP contribution in [0, 0.1) is 6.92 Å². The Bertz CT molecular complexity index is 1040. The van der Waals surface area contributed by atoms with Crippen molar-refractivity contribution < 1.29 is 4.79 Å². The minimum absolute atomic E-state index is 0.183. The maximum atomic E-state index is 12.6. The summed E-state index contributed by atoms with van der Waals surface area (Å²) in [5.41, 5.74) is 2.60. The van der Waals surface area contributed by atoms with E-state index in [4.69, 9.17) is 0 Å². The van der Waals surface area contributed by atoms with Crippen molar-refractivity contribution in [1.82, 2.24) is 29.9 Å². The maximum Gasteiger partial charge on any atom is 0.261 e. The molecule has 0 saturated carbocycles. The Labute approximate surface area is 148 Å². The summed E-state index contributed by atoms with van der Waals surface area (Å²) in [4.78, 5) is 21.0. The number of anilines is 1. The van der Waals surface area contributed by atoms with Gasteiger partial charge >= 0.3 is 0 Å². The molecule has 0 saturated heterocycles. The molecule has 0 radical (unpaired) electrons. The van der Waals surface area contributed by atoms with Gasteiger partial charge in [0.25, 0.3) is 5.91 Å². The normalized spacial score (nSPS) is 10.7. The molecule has 0 aliphatic rings. The highest BCUT2D eigenvalue weighted by molar-refractivity contribution is 6.04. The van der Waals surface area contributed by atoms with E-state index in [9.17, 15) is 4.79 Å². The first-order valence-electron chi connectivity index (χ1n) is 7.97. The van der Waals surface area contributed by atoms with Gasteiger partial charge in [-0.25, -0.2) is 4.68 Å². The summed E-state index contributed by atoms with van der Waals surface area (Å²) in [6.07, 6.45) is 3.35.